The van der Waals surface area contributed by atoms with E-state index in [9.17, 15) is 0 Å². The zero-order valence-corrected chi connectivity index (χ0v) is 10.9. The van der Waals surface area contributed by atoms with E-state index in [0.717, 1.165) is 17.5 Å². The van der Waals surface area contributed by atoms with E-state index < -0.39 is 0 Å². The van der Waals surface area contributed by atoms with Crippen molar-refractivity contribution in [3.05, 3.63) is 34.6 Å². The molecule has 1 aromatic heterocycles. The Kier molecular flexibility index (Phi) is 3.54. The summed E-state index contributed by atoms with van der Waals surface area (Å²) in [6.07, 6.45) is 0.913. The molecule has 0 saturated heterocycles. The molecule has 0 amide bonds. The Bertz CT molecular complexity index is 613. The van der Waals surface area contributed by atoms with Crippen molar-refractivity contribution in [2.75, 3.05) is 7.11 Å². The summed E-state index contributed by atoms with van der Waals surface area (Å²) in [6, 6.07) is 7.80. The fraction of sp³-hybridized carbons (Fsp3) is 0.231. The van der Waals surface area contributed by atoms with Gasteiger partial charge in [-0.1, -0.05) is 24.6 Å². The number of hydrogen-bond donors (Lipinski definition) is 1. The highest BCUT2D eigenvalue weighted by Gasteiger charge is 2.13. The first-order chi connectivity index (χ1) is 8.69. The third-order valence-electron chi connectivity index (χ3n) is 2.69. The van der Waals surface area contributed by atoms with Gasteiger partial charge in [-0.2, -0.15) is 5.26 Å². The molecule has 4 nitrogen and oxygen atoms in total. The lowest BCUT2D eigenvalue weighted by Gasteiger charge is -2.07. The summed E-state index contributed by atoms with van der Waals surface area (Å²) in [6.45, 7) is 2.07. The lowest BCUT2D eigenvalue weighted by atomic mass is 10.1. The first-order valence-corrected chi connectivity index (χ1v) is 5.90. The van der Waals surface area contributed by atoms with Crippen LogP contribution in [0.5, 0.6) is 5.75 Å². The number of aromatic nitrogens is 2. The van der Waals surface area contributed by atoms with Crippen LogP contribution in [-0.4, -0.2) is 17.1 Å². The molecule has 0 bridgehead atoms. The number of methoxy groups -OCH3 is 1. The van der Waals surface area contributed by atoms with Gasteiger partial charge in [-0.3, -0.25) is 0 Å². The fourth-order valence-electron chi connectivity index (χ4n) is 1.71. The van der Waals surface area contributed by atoms with E-state index in [0.29, 0.717) is 11.6 Å². The third-order valence-corrected chi connectivity index (χ3v) is 2.97. The van der Waals surface area contributed by atoms with Crippen LogP contribution in [0.4, 0.5) is 0 Å². The zero-order chi connectivity index (χ0) is 13.1. The van der Waals surface area contributed by atoms with Gasteiger partial charge in [-0.05, 0) is 24.1 Å². The van der Waals surface area contributed by atoms with Crippen LogP contribution in [0.1, 0.15) is 18.2 Å². The summed E-state index contributed by atoms with van der Waals surface area (Å²) in [5.74, 6) is 1.24. The van der Waals surface area contributed by atoms with Gasteiger partial charge in [-0.15, -0.1) is 0 Å². The molecule has 1 heterocycles. The van der Waals surface area contributed by atoms with E-state index in [1.54, 1.807) is 7.11 Å². The molecule has 0 atom stereocenters. The molecule has 5 heteroatoms. The molecule has 0 saturated carbocycles. The number of nitriles is 1. The van der Waals surface area contributed by atoms with Crippen molar-refractivity contribution in [3.63, 3.8) is 0 Å². The Labute approximate surface area is 110 Å². The topological polar surface area (TPSA) is 61.7 Å². The number of aromatic amines is 1. The summed E-state index contributed by atoms with van der Waals surface area (Å²) < 4.78 is 5.30. The van der Waals surface area contributed by atoms with E-state index in [4.69, 9.17) is 21.6 Å². The van der Waals surface area contributed by atoms with Crippen LogP contribution in [0.2, 0.25) is 5.15 Å². The molecule has 2 rings (SSSR count). The van der Waals surface area contributed by atoms with Gasteiger partial charge >= 0.3 is 0 Å². The van der Waals surface area contributed by atoms with Gasteiger partial charge in [-0.25, -0.2) is 4.98 Å². The maximum absolute atomic E-state index is 8.86. The summed E-state index contributed by atoms with van der Waals surface area (Å²) in [7, 11) is 1.60. The van der Waals surface area contributed by atoms with E-state index in [-0.39, 0.29) is 10.8 Å². The fourth-order valence-corrected chi connectivity index (χ4v) is 1.89. The molecule has 0 aliphatic heterocycles. The lowest BCUT2D eigenvalue weighted by Crippen LogP contribution is -1.91. The van der Waals surface area contributed by atoms with Crippen LogP contribution >= 0.6 is 11.6 Å². The Hall–Kier alpha value is -1.99. The van der Waals surface area contributed by atoms with Crippen LogP contribution in [0.15, 0.2) is 18.2 Å². The Balaban J connectivity index is 2.57. The van der Waals surface area contributed by atoms with Crippen molar-refractivity contribution >= 4 is 11.6 Å². The number of nitrogens with one attached hydrogen (secondary N) is 1. The second-order valence-corrected chi connectivity index (χ2v) is 4.13. The highest BCUT2D eigenvalue weighted by molar-refractivity contribution is 6.30. The lowest BCUT2D eigenvalue weighted by molar-refractivity contribution is 0.416. The number of ether oxygens (including phenoxy) is 1. The van der Waals surface area contributed by atoms with Crippen molar-refractivity contribution in [1.82, 2.24) is 9.97 Å². The van der Waals surface area contributed by atoms with Crippen LogP contribution in [0, 0.1) is 11.3 Å². The standard InChI is InChI=1S/C13H12ClN3O/c1-3-8-4-5-11(18-2)9(6-8)13-16-10(7-15)12(14)17-13/h4-6H,3H2,1-2H3,(H,16,17). The SMILES string of the molecule is CCc1ccc(OC)c(-c2nc(C#N)c(Cl)[nH]2)c1. The normalized spacial score (nSPS) is 10.1. The van der Waals surface area contributed by atoms with Gasteiger partial charge in [0.15, 0.2) is 5.69 Å². The molecule has 1 N–H and O–H groups in total. The molecular formula is C13H12ClN3O. The van der Waals surface area contributed by atoms with Crippen LogP contribution in [0.25, 0.3) is 11.4 Å². The van der Waals surface area contributed by atoms with Gasteiger partial charge in [0, 0.05) is 0 Å². The first kappa shape index (κ1) is 12.5. The first-order valence-electron chi connectivity index (χ1n) is 5.52. The summed E-state index contributed by atoms with van der Waals surface area (Å²) >= 11 is 5.88. The second kappa shape index (κ2) is 5.11. The van der Waals surface area contributed by atoms with E-state index in [2.05, 4.69) is 16.9 Å². The summed E-state index contributed by atoms with van der Waals surface area (Å²) in [5.41, 5.74) is 2.16. The largest absolute Gasteiger partial charge is 0.496 e. The molecule has 0 aliphatic rings. The highest BCUT2D eigenvalue weighted by Crippen LogP contribution is 2.30. The predicted octanol–water partition coefficient (Wildman–Crippen LogP) is 3.17. The molecule has 18 heavy (non-hydrogen) atoms. The number of rotatable bonds is 3. The number of imidazole rings is 1. The summed E-state index contributed by atoms with van der Waals surface area (Å²) in [5, 5.41) is 9.10. The van der Waals surface area contributed by atoms with E-state index in [1.807, 2.05) is 24.3 Å². The minimum atomic E-state index is 0.190. The van der Waals surface area contributed by atoms with Gasteiger partial charge in [0.05, 0.1) is 12.7 Å². The predicted molar refractivity (Wildman–Crippen MR) is 69.7 cm³/mol. The van der Waals surface area contributed by atoms with Gasteiger partial charge < -0.3 is 9.72 Å². The quantitative estimate of drug-likeness (QED) is 0.923. The van der Waals surface area contributed by atoms with Crippen LogP contribution < -0.4 is 4.74 Å². The van der Waals surface area contributed by atoms with Crippen LogP contribution in [-0.2, 0) is 6.42 Å². The molecular weight excluding hydrogens is 250 g/mol. The van der Waals surface area contributed by atoms with Gasteiger partial charge in [0.1, 0.15) is 22.8 Å². The maximum atomic E-state index is 8.86. The number of aryl methyl sites for hydroxylation is 1. The number of benzene rings is 1. The van der Waals surface area contributed by atoms with Crippen molar-refractivity contribution in [2.24, 2.45) is 0 Å². The molecule has 0 aliphatic carbocycles. The van der Waals surface area contributed by atoms with E-state index >= 15 is 0 Å². The average Bonchev–Trinajstić information content (AvgIpc) is 2.79. The monoisotopic (exact) mass is 261 g/mol. The molecule has 92 valence electrons. The smallest absolute Gasteiger partial charge is 0.178 e. The number of H-pyrrole nitrogens is 1. The molecule has 1 aromatic carbocycles. The maximum Gasteiger partial charge on any atom is 0.178 e. The third kappa shape index (κ3) is 2.18. The van der Waals surface area contributed by atoms with Crippen molar-refractivity contribution < 1.29 is 4.74 Å². The second-order valence-electron chi connectivity index (χ2n) is 3.75. The molecule has 0 fully saturated rings. The number of halogens is 1. The summed E-state index contributed by atoms with van der Waals surface area (Å²) in [4.78, 5) is 7.04. The molecule has 2 aromatic rings. The zero-order valence-electron chi connectivity index (χ0n) is 10.1. The average molecular weight is 262 g/mol. The molecule has 0 unspecified atom stereocenters. The van der Waals surface area contributed by atoms with Crippen molar-refractivity contribution in [3.8, 4) is 23.2 Å². The van der Waals surface area contributed by atoms with Crippen molar-refractivity contribution in [1.29, 1.82) is 5.26 Å². The Morgan fingerprint density at radius 3 is 2.83 bits per heavy atom. The Morgan fingerprint density at radius 1 is 1.50 bits per heavy atom. The highest BCUT2D eigenvalue weighted by atomic mass is 35.5. The van der Waals surface area contributed by atoms with Crippen LogP contribution in [0.3, 0.4) is 0 Å². The number of nitrogens with zero attached hydrogens (tertiary/aromatic N) is 2. The Morgan fingerprint density at radius 2 is 2.28 bits per heavy atom. The number of hydrogen-bond acceptors (Lipinski definition) is 3. The molecule has 0 spiro atoms. The van der Waals surface area contributed by atoms with Gasteiger partial charge in [0.25, 0.3) is 0 Å². The minimum absolute atomic E-state index is 0.190. The molecule has 0 radical (unpaired) electrons. The minimum Gasteiger partial charge on any atom is -0.496 e. The van der Waals surface area contributed by atoms with Gasteiger partial charge in [0.2, 0.25) is 0 Å². The van der Waals surface area contributed by atoms with E-state index in [1.165, 1.54) is 0 Å². The van der Waals surface area contributed by atoms with Crippen molar-refractivity contribution in [2.45, 2.75) is 13.3 Å².